The number of benzene rings is 1. The minimum Gasteiger partial charge on any atom is -0.545 e. The number of carbonyl (C=O) groups excluding carboxylic acids is 1. The van der Waals surface area contributed by atoms with Crippen molar-refractivity contribution in [3.8, 4) is 11.3 Å². The highest BCUT2D eigenvalue weighted by molar-refractivity contribution is 7.20. The van der Waals surface area contributed by atoms with Crippen molar-refractivity contribution in [2.24, 2.45) is 0 Å². The summed E-state index contributed by atoms with van der Waals surface area (Å²) in [4.78, 5) is 15.7. The summed E-state index contributed by atoms with van der Waals surface area (Å²) in [6.07, 6.45) is 0. The molecule has 0 atom stereocenters. The van der Waals surface area contributed by atoms with Crippen LogP contribution in [0.5, 0.6) is 0 Å². The molecule has 3 rings (SSSR count). The van der Waals surface area contributed by atoms with Gasteiger partial charge in [0.1, 0.15) is 4.34 Å². The summed E-state index contributed by atoms with van der Waals surface area (Å²) in [5, 5.41) is 11.8. The van der Waals surface area contributed by atoms with E-state index in [9.17, 15) is 9.90 Å². The predicted octanol–water partition coefficient (Wildman–Crippen LogP) is 3.63. The van der Waals surface area contributed by atoms with Gasteiger partial charge in [-0.3, -0.25) is 0 Å². The summed E-state index contributed by atoms with van der Waals surface area (Å²) in [6, 6.07) is 10.1. The Kier molecular flexibility index (Phi) is 3.38. The van der Waals surface area contributed by atoms with Gasteiger partial charge in [-0.1, -0.05) is 41.4 Å². The maximum atomic E-state index is 11.3. The van der Waals surface area contributed by atoms with Crippen LogP contribution >= 0.6 is 34.5 Å². The van der Waals surface area contributed by atoms with Gasteiger partial charge in [0.15, 0.2) is 0 Å². The number of hydrogen-bond acceptors (Lipinski definition) is 4. The Morgan fingerprint density at radius 2 is 1.95 bits per heavy atom. The number of carbonyl (C=O) groups is 1. The second-order valence-corrected chi connectivity index (χ2v) is 6.38. The third-order valence-electron chi connectivity index (χ3n) is 2.87. The standard InChI is InChI=1S/C14H7Cl2NO2S/c15-12-6-9(13(16)20-12)11-5-8(14(18)19)7-3-1-2-4-10(7)17-11/h1-6H,(H,18,19)/p-1. The molecular weight excluding hydrogens is 317 g/mol. The molecule has 3 aromatic rings. The number of rotatable bonds is 2. The Bertz CT molecular complexity index is 829. The Morgan fingerprint density at radius 1 is 1.20 bits per heavy atom. The first-order valence-corrected chi connectivity index (χ1v) is 7.20. The van der Waals surface area contributed by atoms with Crippen LogP contribution < -0.4 is 5.11 Å². The van der Waals surface area contributed by atoms with E-state index >= 15 is 0 Å². The third-order valence-corrected chi connectivity index (χ3v) is 4.36. The van der Waals surface area contributed by atoms with E-state index in [0.717, 1.165) is 0 Å². The summed E-state index contributed by atoms with van der Waals surface area (Å²) >= 11 is 13.2. The molecule has 100 valence electrons. The number of carboxylic acids is 1. The highest BCUT2D eigenvalue weighted by atomic mass is 35.5. The molecule has 2 heterocycles. The average Bonchev–Trinajstić information content (AvgIpc) is 2.76. The van der Waals surface area contributed by atoms with Gasteiger partial charge in [-0.25, -0.2) is 4.98 Å². The quantitative estimate of drug-likeness (QED) is 0.723. The van der Waals surface area contributed by atoms with Gasteiger partial charge in [0.25, 0.3) is 0 Å². The molecule has 20 heavy (non-hydrogen) atoms. The lowest BCUT2D eigenvalue weighted by Crippen LogP contribution is -2.22. The molecular formula is C14H6Cl2NO2S-. The number of pyridine rings is 1. The Labute approximate surface area is 128 Å². The van der Waals surface area contributed by atoms with Crippen LogP contribution in [0.15, 0.2) is 36.4 Å². The lowest BCUT2D eigenvalue weighted by atomic mass is 10.1. The SMILES string of the molecule is O=C([O-])c1cc(-c2cc(Cl)sc2Cl)nc2ccccc12. The molecule has 0 bridgehead atoms. The first-order valence-electron chi connectivity index (χ1n) is 5.62. The summed E-state index contributed by atoms with van der Waals surface area (Å²) < 4.78 is 0.997. The number of para-hydroxylation sites is 1. The van der Waals surface area contributed by atoms with E-state index in [1.54, 1.807) is 30.3 Å². The fourth-order valence-corrected chi connectivity index (χ4v) is 3.48. The minimum absolute atomic E-state index is 0.0870. The smallest absolute Gasteiger partial charge is 0.104 e. The first kappa shape index (κ1) is 13.4. The molecule has 0 aliphatic carbocycles. The number of hydrogen-bond donors (Lipinski definition) is 0. The lowest BCUT2D eigenvalue weighted by Gasteiger charge is -2.09. The summed E-state index contributed by atoms with van der Waals surface area (Å²) in [7, 11) is 0. The van der Waals surface area contributed by atoms with Crippen molar-refractivity contribution in [1.82, 2.24) is 4.98 Å². The van der Waals surface area contributed by atoms with Crippen LogP contribution in [0.3, 0.4) is 0 Å². The number of halogens is 2. The van der Waals surface area contributed by atoms with Gasteiger partial charge in [0, 0.05) is 16.5 Å². The zero-order chi connectivity index (χ0) is 14.3. The van der Waals surface area contributed by atoms with Gasteiger partial charge in [0.05, 0.1) is 21.5 Å². The number of carboxylic acid groups (broad SMARTS) is 1. The number of aromatic nitrogens is 1. The molecule has 0 fully saturated rings. The third kappa shape index (κ3) is 2.26. The maximum Gasteiger partial charge on any atom is 0.104 e. The fraction of sp³-hybridized carbons (Fsp3) is 0. The van der Waals surface area contributed by atoms with Crippen LogP contribution in [-0.2, 0) is 0 Å². The lowest BCUT2D eigenvalue weighted by molar-refractivity contribution is -0.254. The fourth-order valence-electron chi connectivity index (χ4n) is 2.00. The molecule has 3 nitrogen and oxygen atoms in total. The van der Waals surface area contributed by atoms with Crippen molar-refractivity contribution >= 4 is 51.4 Å². The molecule has 0 N–H and O–H groups in total. The monoisotopic (exact) mass is 322 g/mol. The van der Waals surface area contributed by atoms with E-state index < -0.39 is 5.97 Å². The maximum absolute atomic E-state index is 11.3. The number of aromatic carboxylic acids is 1. The molecule has 0 saturated heterocycles. The van der Waals surface area contributed by atoms with Gasteiger partial charge < -0.3 is 9.90 Å². The van der Waals surface area contributed by atoms with E-state index in [1.165, 1.54) is 17.4 Å². The molecule has 0 spiro atoms. The Hall–Kier alpha value is -1.62. The molecule has 6 heteroatoms. The van der Waals surface area contributed by atoms with Crippen LogP contribution in [-0.4, -0.2) is 11.0 Å². The normalized spacial score (nSPS) is 10.9. The van der Waals surface area contributed by atoms with Crippen LogP contribution in [0.25, 0.3) is 22.2 Å². The zero-order valence-corrected chi connectivity index (χ0v) is 12.2. The number of fused-ring (bicyclic) bond motifs is 1. The van der Waals surface area contributed by atoms with Crippen LogP contribution in [0.1, 0.15) is 10.4 Å². The molecule has 0 aliphatic heterocycles. The molecule has 2 aromatic heterocycles. The van der Waals surface area contributed by atoms with Crippen molar-refractivity contribution in [2.45, 2.75) is 0 Å². The minimum atomic E-state index is -1.25. The van der Waals surface area contributed by atoms with Gasteiger partial charge in [0.2, 0.25) is 0 Å². The van der Waals surface area contributed by atoms with E-state index in [1.807, 2.05) is 0 Å². The van der Waals surface area contributed by atoms with Crippen LogP contribution in [0.2, 0.25) is 8.67 Å². The zero-order valence-electron chi connectivity index (χ0n) is 9.89. The highest BCUT2D eigenvalue weighted by Gasteiger charge is 2.13. The molecule has 0 unspecified atom stereocenters. The predicted molar refractivity (Wildman–Crippen MR) is 79.4 cm³/mol. The van der Waals surface area contributed by atoms with Crippen molar-refractivity contribution in [2.75, 3.05) is 0 Å². The van der Waals surface area contributed by atoms with Crippen molar-refractivity contribution in [3.05, 3.63) is 50.6 Å². The molecule has 0 amide bonds. The number of thiophene rings is 1. The average molecular weight is 323 g/mol. The van der Waals surface area contributed by atoms with Gasteiger partial charge in [-0.15, -0.1) is 11.3 Å². The van der Waals surface area contributed by atoms with Crippen LogP contribution in [0, 0.1) is 0 Å². The molecule has 0 saturated carbocycles. The number of nitrogens with zero attached hydrogens (tertiary/aromatic N) is 1. The molecule has 0 aliphatic rings. The van der Waals surface area contributed by atoms with Crippen LogP contribution in [0.4, 0.5) is 0 Å². The van der Waals surface area contributed by atoms with Gasteiger partial charge >= 0.3 is 0 Å². The first-order chi connectivity index (χ1) is 9.56. The Morgan fingerprint density at radius 3 is 2.60 bits per heavy atom. The summed E-state index contributed by atoms with van der Waals surface area (Å²) in [5.41, 5.74) is 1.75. The van der Waals surface area contributed by atoms with E-state index in [-0.39, 0.29) is 5.56 Å². The molecule has 1 aromatic carbocycles. The summed E-state index contributed by atoms with van der Waals surface area (Å²) in [5.74, 6) is -1.25. The van der Waals surface area contributed by atoms with Gasteiger partial charge in [-0.2, -0.15) is 0 Å². The topological polar surface area (TPSA) is 53.0 Å². The van der Waals surface area contributed by atoms with E-state index in [0.29, 0.717) is 30.8 Å². The second kappa shape index (κ2) is 5.05. The van der Waals surface area contributed by atoms with E-state index in [2.05, 4.69) is 4.98 Å². The largest absolute Gasteiger partial charge is 0.545 e. The van der Waals surface area contributed by atoms with Crippen molar-refractivity contribution in [3.63, 3.8) is 0 Å². The highest BCUT2D eigenvalue weighted by Crippen LogP contribution is 2.38. The molecule has 0 radical (unpaired) electrons. The van der Waals surface area contributed by atoms with Crippen molar-refractivity contribution in [1.29, 1.82) is 0 Å². The van der Waals surface area contributed by atoms with Crippen molar-refractivity contribution < 1.29 is 9.90 Å². The Balaban J connectivity index is 2.32. The van der Waals surface area contributed by atoms with E-state index in [4.69, 9.17) is 23.2 Å². The second-order valence-electron chi connectivity index (χ2n) is 4.10. The van der Waals surface area contributed by atoms with Gasteiger partial charge in [-0.05, 0) is 18.2 Å². The summed E-state index contributed by atoms with van der Waals surface area (Å²) in [6.45, 7) is 0.